The van der Waals surface area contributed by atoms with Crippen LogP contribution in [0.2, 0.25) is 0 Å². The number of halogens is 4. The van der Waals surface area contributed by atoms with Crippen molar-refractivity contribution >= 4 is 41.3 Å². The molecule has 0 saturated heterocycles. The Bertz CT molecular complexity index is 847. The first kappa shape index (κ1) is 19.0. The number of phenols is 1. The van der Waals surface area contributed by atoms with Crippen molar-refractivity contribution in [1.82, 2.24) is 0 Å². The zero-order chi connectivity index (χ0) is 18.7. The summed E-state index contributed by atoms with van der Waals surface area (Å²) >= 11 is 1.79. The largest absolute Gasteiger partial charge is 0.507 e. The van der Waals surface area contributed by atoms with Gasteiger partial charge in [0.25, 0.3) is 0 Å². The fraction of sp³-hybridized carbons (Fsp3) is 0.0526. The fourth-order valence-electron chi connectivity index (χ4n) is 2.29. The molecule has 0 unspecified atom stereocenters. The monoisotopic (exact) mass is 488 g/mol. The van der Waals surface area contributed by atoms with Gasteiger partial charge >= 0.3 is 6.18 Å². The van der Waals surface area contributed by atoms with Gasteiger partial charge in [-0.05, 0) is 34.7 Å². The van der Waals surface area contributed by atoms with E-state index in [2.05, 4.69) is 0 Å². The number of aromatic hydroxyl groups is 1. The SMILES string of the molecule is Oc1cc(C(F)(F)F)cc(OP(c2ccccc2)c2ccccc2)c1I. The summed E-state index contributed by atoms with van der Waals surface area (Å²) in [6.45, 7) is 0. The highest BCUT2D eigenvalue weighted by Crippen LogP contribution is 2.44. The van der Waals surface area contributed by atoms with Crippen molar-refractivity contribution in [2.24, 2.45) is 0 Å². The molecule has 1 N–H and O–H groups in total. The Labute approximate surface area is 163 Å². The molecule has 0 radical (unpaired) electrons. The lowest BCUT2D eigenvalue weighted by Gasteiger charge is -2.21. The van der Waals surface area contributed by atoms with E-state index in [1.165, 1.54) is 0 Å². The number of rotatable bonds is 4. The van der Waals surface area contributed by atoms with E-state index in [4.69, 9.17) is 4.52 Å². The molecule has 0 aliphatic carbocycles. The van der Waals surface area contributed by atoms with E-state index >= 15 is 0 Å². The van der Waals surface area contributed by atoms with Gasteiger partial charge in [0.15, 0.2) is 8.15 Å². The van der Waals surface area contributed by atoms with Crippen molar-refractivity contribution in [3.8, 4) is 11.5 Å². The molecule has 3 aromatic rings. The van der Waals surface area contributed by atoms with Gasteiger partial charge in [0.1, 0.15) is 11.5 Å². The summed E-state index contributed by atoms with van der Waals surface area (Å²) in [5.41, 5.74) is -0.943. The number of hydrogen-bond acceptors (Lipinski definition) is 2. The molecule has 0 aromatic heterocycles. The van der Waals surface area contributed by atoms with Gasteiger partial charge in [0.05, 0.1) is 9.13 Å². The van der Waals surface area contributed by atoms with Crippen molar-refractivity contribution in [3.63, 3.8) is 0 Å². The van der Waals surface area contributed by atoms with Gasteiger partial charge in [-0.15, -0.1) is 0 Å². The van der Waals surface area contributed by atoms with Crippen LogP contribution >= 0.6 is 30.7 Å². The third-order valence-electron chi connectivity index (χ3n) is 3.52. The average Bonchev–Trinajstić information content (AvgIpc) is 2.63. The second-order valence-electron chi connectivity index (χ2n) is 5.36. The van der Waals surface area contributed by atoms with Crippen LogP contribution in [-0.4, -0.2) is 5.11 Å². The van der Waals surface area contributed by atoms with Crippen LogP contribution in [0.3, 0.4) is 0 Å². The second-order valence-corrected chi connectivity index (χ2v) is 8.24. The Hall–Kier alpha value is -1.79. The predicted octanol–water partition coefficient (Wildman–Crippen LogP) is 5.44. The zero-order valence-electron chi connectivity index (χ0n) is 13.2. The summed E-state index contributed by atoms with van der Waals surface area (Å²) in [5, 5.41) is 11.6. The van der Waals surface area contributed by atoms with Crippen molar-refractivity contribution < 1.29 is 22.8 Å². The molecule has 0 aliphatic heterocycles. The van der Waals surface area contributed by atoms with Gasteiger partial charge in [-0.1, -0.05) is 60.7 Å². The van der Waals surface area contributed by atoms with Crippen molar-refractivity contribution in [3.05, 3.63) is 81.9 Å². The lowest BCUT2D eigenvalue weighted by molar-refractivity contribution is -0.137. The molecule has 0 heterocycles. The van der Waals surface area contributed by atoms with E-state index in [-0.39, 0.29) is 9.32 Å². The highest BCUT2D eigenvalue weighted by Gasteiger charge is 2.33. The van der Waals surface area contributed by atoms with E-state index in [0.29, 0.717) is 6.07 Å². The fourth-order valence-corrected chi connectivity index (χ4v) is 4.62. The topological polar surface area (TPSA) is 29.5 Å². The van der Waals surface area contributed by atoms with E-state index in [9.17, 15) is 18.3 Å². The summed E-state index contributed by atoms with van der Waals surface area (Å²) in [7, 11) is -1.39. The maximum absolute atomic E-state index is 13.1. The smallest absolute Gasteiger partial charge is 0.416 e. The van der Waals surface area contributed by atoms with Crippen LogP contribution in [0.4, 0.5) is 13.2 Å². The molecule has 0 bridgehead atoms. The Morgan fingerprint density at radius 2 is 1.35 bits per heavy atom. The molecule has 134 valence electrons. The number of benzene rings is 3. The van der Waals surface area contributed by atoms with Crippen LogP contribution in [0.1, 0.15) is 5.56 Å². The average molecular weight is 488 g/mol. The van der Waals surface area contributed by atoms with Crippen molar-refractivity contribution in [1.29, 1.82) is 0 Å². The second kappa shape index (κ2) is 7.84. The van der Waals surface area contributed by atoms with E-state index < -0.39 is 25.6 Å². The van der Waals surface area contributed by atoms with Gasteiger partial charge in [0, 0.05) is 10.6 Å². The van der Waals surface area contributed by atoms with E-state index in [1.54, 1.807) is 22.6 Å². The summed E-state index contributed by atoms with van der Waals surface area (Å²) in [6.07, 6.45) is -4.57. The molecule has 0 aliphatic rings. The first-order valence-corrected chi connectivity index (χ1v) is 9.88. The van der Waals surface area contributed by atoms with Gasteiger partial charge < -0.3 is 9.63 Å². The first-order valence-electron chi connectivity index (χ1n) is 7.54. The molecule has 0 spiro atoms. The molecule has 7 heteroatoms. The van der Waals surface area contributed by atoms with Gasteiger partial charge in [-0.2, -0.15) is 13.2 Å². The molecule has 0 atom stereocenters. The standard InChI is InChI=1S/C19H13F3IO2P/c20-19(21,22)13-11-16(24)18(23)17(12-13)25-26(14-7-3-1-4-8-14)15-9-5-2-6-10-15/h1-12,24H. The molecule has 26 heavy (non-hydrogen) atoms. The Balaban J connectivity index is 2.07. The lowest BCUT2D eigenvalue weighted by atomic mass is 10.2. The van der Waals surface area contributed by atoms with Crippen LogP contribution in [0.15, 0.2) is 72.8 Å². The van der Waals surface area contributed by atoms with Gasteiger partial charge in [0.2, 0.25) is 0 Å². The van der Waals surface area contributed by atoms with Crippen LogP contribution in [-0.2, 0) is 6.18 Å². The molecular formula is C19H13F3IO2P. The maximum Gasteiger partial charge on any atom is 0.416 e. The maximum atomic E-state index is 13.1. The Kier molecular flexibility index (Phi) is 5.73. The number of phenolic OH excluding ortho intramolecular Hbond substituents is 1. The third kappa shape index (κ3) is 4.30. The summed E-state index contributed by atoms with van der Waals surface area (Å²) in [6, 6.07) is 20.3. The first-order chi connectivity index (χ1) is 12.4. The highest BCUT2D eigenvalue weighted by molar-refractivity contribution is 14.1. The summed E-state index contributed by atoms with van der Waals surface area (Å²) < 4.78 is 45.6. The van der Waals surface area contributed by atoms with E-state index in [1.807, 2.05) is 60.7 Å². The van der Waals surface area contributed by atoms with Crippen LogP contribution < -0.4 is 15.1 Å². The zero-order valence-corrected chi connectivity index (χ0v) is 16.3. The predicted molar refractivity (Wildman–Crippen MR) is 106 cm³/mol. The van der Waals surface area contributed by atoms with E-state index in [0.717, 1.165) is 16.7 Å². The minimum atomic E-state index is -4.57. The van der Waals surface area contributed by atoms with Crippen molar-refractivity contribution in [2.75, 3.05) is 0 Å². The summed E-state index contributed by atoms with van der Waals surface area (Å²) in [4.78, 5) is 0. The quantitative estimate of drug-likeness (QED) is 0.392. The molecule has 0 amide bonds. The molecule has 2 nitrogen and oxygen atoms in total. The molecular weight excluding hydrogens is 475 g/mol. The summed E-state index contributed by atoms with van der Waals surface area (Å²) in [5.74, 6) is -0.441. The highest BCUT2D eigenvalue weighted by atomic mass is 127. The molecule has 0 saturated carbocycles. The Morgan fingerprint density at radius 3 is 1.81 bits per heavy atom. The minimum absolute atomic E-state index is 0.0109. The normalized spacial score (nSPS) is 11.6. The van der Waals surface area contributed by atoms with Gasteiger partial charge in [-0.3, -0.25) is 0 Å². The number of alkyl halides is 3. The Morgan fingerprint density at radius 1 is 0.846 bits per heavy atom. The molecule has 3 aromatic carbocycles. The van der Waals surface area contributed by atoms with Crippen LogP contribution in [0.25, 0.3) is 0 Å². The lowest BCUT2D eigenvalue weighted by Crippen LogP contribution is -2.16. The van der Waals surface area contributed by atoms with Crippen LogP contribution in [0, 0.1) is 3.57 Å². The third-order valence-corrected chi connectivity index (χ3v) is 6.52. The molecule has 0 fully saturated rings. The van der Waals surface area contributed by atoms with Crippen molar-refractivity contribution in [2.45, 2.75) is 6.18 Å². The number of hydrogen-bond donors (Lipinski definition) is 1. The molecule has 3 rings (SSSR count). The van der Waals surface area contributed by atoms with Crippen LogP contribution in [0.5, 0.6) is 11.5 Å². The minimum Gasteiger partial charge on any atom is -0.507 e. The van der Waals surface area contributed by atoms with Gasteiger partial charge in [-0.25, -0.2) is 0 Å².